The summed E-state index contributed by atoms with van der Waals surface area (Å²) in [6.45, 7) is 7.70. The van der Waals surface area contributed by atoms with Crippen molar-refractivity contribution in [3.63, 3.8) is 0 Å². The predicted octanol–water partition coefficient (Wildman–Crippen LogP) is 3.75. The number of pyridine rings is 1. The van der Waals surface area contributed by atoms with E-state index in [9.17, 15) is 14.7 Å². The lowest BCUT2D eigenvalue weighted by atomic mass is 10.1. The highest BCUT2D eigenvalue weighted by Gasteiger charge is 2.16. The summed E-state index contributed by atoms with van der Waals surface area (Å²) >= 11 is 0. The summed E-state index contributed by atoms with van der Waals surface area (Å²) in [5, 5.41) is 17.0. The van der Waals surface area contributed by atoms with E-state index < -0.39 is 11.9 Å². The van der Waals surface area contributed by atoms with Gasteiger partial charge in [-0.25, -0.2) is 14.5 Å². The van der Waals surface area contributed by atoms with E-state index >= 15 is 0 Å². The molecule has 0 atom stereocenters. The second-order valence-corrected chi connectivity index (χ2v) is 6.96. The van der Waals surface area contributed by atoms with Crippen LogP contribution in [0.4, 0.5) is 5.69 Å². The van der Waals surface area contributed by atoms with Crippen LogP contribution in [0.15, 0.2) is 36.7 Å². The van der Waals surface area contributed by atoms with Crippen molar-refractivity contribution in [1.82, 2.24) is 14.8 Å². The number of hydrogen-bond donors (Lipinski definition) is 2. The average molecular weight is 382 g/mol. The fraction of sp³-hybridized carbons (Fsp3) is 0.300. The third-order valence-corrected chi connectivity index (χ3v) is 4.02. The summed E-state index contributed by atoms with van der Waals surface area (Å²) in [5.41, 5.74) is 1.38. The van der Waals surface area contributed by atoms with Crippen LogP contribution >= 0.6 is 0 Å². The Morgan fingerprint density at radius 2 is 1.86 bits per heavy atom. The molecule has 3 aromatic rings. The highest BCUT2D eigenvalue weighted by atomic mass is 16.5. The molecule has 0 fully saturated rings. The van der Waals surface area contributed by atoms with E-state index in [0.29, 0.717) is 17.0 Å². The maximum absolute atomic E-state index is 12.7. The van der Waals surface area contributed by atoms with E-state index in [-0.39, 0.29) is 23.4 Å². The minimum Gasteiger partial charge on any atom is -0.489 e. The van der Waals surface area contributed by atoms with Gasteiger partial charge >= 0.3 is 5.97 Å². The average Bonchev–Trinajstić information content (AvgIpc) is 3.05. The predicted molar refractivity (Wildman–Crippen MR) is 105 cm³/mol. The Kier molecular flexibility index (Phi) is 5.30. The molecule has 8 nitrogen and oxygen atoms in total. The molecule has 0 bridgehead atoms. The molecule has 0 aliphatic carbocycles. The summed E-state index contributed by atoms with van der Waals surface area (Å²) in [6, 6.07) is 6.20. The van der Waals surface area contributed by atoms with Crippen molar-refractivity contribution in [3.8, 4) is 5.75 Å². The van der Waals surface area contributed by atoms with Crippen molar-refractivity contribution in [1.29, 1.82) is 0 Å². The van der Waals surface area contributed by atoms with Gasteiger partial charge in [-0.15, -0.1) is 0 Å². The van der Waals surface area contributed by atoms with Gasteiger partial charge in [0.1, 0.15) is 5.75 Å². The number of fused-ring (bicyclic) bond motifs is 1. The van der Waals surface area contributed by atoms with Crippen LogP contribution in [0.2, 0.25) is 0 Å². The van der Waals surface area contributed by atoms with Crippen LogP contribution in [0.25, 0.3) is 11.0 Å². The zero-order chi connectivity index (χ0) is 20.4. The van der Waals surface area contributed by atoms with Crippen molar-refractivity contribution in [2.24, 2.45) is 0 Å². The summed E-state index contributed by atoms with van der Waals surface area (Å²) in [5.74, 6) is -1.10. The van der Waals surface area contributed by atoms with Gasteiger partial charge in [0.15, 0.2) is 5.65 Å². The molecule has 28 heavy (non-hydrogen) atoms. The Bertz CT molecular complexity index is 1040. The first-order chi connectivity index (χ1) is 13.3. The van der Waals surface area contributed by atoms with Crippen LogP contribution in [0, 0.1) is 0 Å². The van der Waals surface area contributed by atoms with Crippen LogP contribution in [-0.2, 0) is 0 Å². The lowest BCUT2D eigenvalue weighted by Crippen LogP contribution is -2.15. The molecule has 0 spiro atoms. The van der Waals surface area contributed by atoms with Gasteiger partial charge in [0.25, 0.3) is 5.91 Å². The molecule has 1 amide bonds. The van der Waals surface area contributed by atoms with Crippen LogP contribution in [0.3, 0.4) is 0 Å². The van der Waals surface area contributed by atoms with E-state index in [0.717, 1.165) is 5.39 Å². The second kappa shape index (κ2) is 7.67. The Labute approximate surface area is 162 Å². The van der Waals surface area contributed by atoms with Crippen LogP contribution in [0.5, 0.6) is 5.75 Å². The van der Waals surface area contributed by atoms with Crippen molar-refractivity contribution in [3.05, 3.63) is 47.8 Å². The number of nitrogens with one attached hydrogen (secondary N) is 1. The molecular weight excluding hydrogens is 360 g/mol. The maximum atomic E-state index is 12.7. The number of nitrogens with zero attached hydrogens (tertiary/aromatic N) is 3. The number of carbonyl (C=O) groups is 2. The fourth-order valence-electron chi connectivity index (χ4n) is 2.75. The van der Waals surface area contributed by atoms with E-state index in [1.54, 1.807) is 16.9 Å². The molecule has 2 heterocycles. The van der Waals surface area contributed by atoms with E-state index in [2.05, 4.69) is 15.4 Å². The number of carbonyl (C=O) groups excluding carboxylic acids is 1. The number of hydrogen-bond acceptors (Lipinski definition) is 5. The van der Waals surface area contributed by atoms with Gasteiger partial charge in [0.2, 0.25) is 0 Å². The molecule has 0 aliphatic heterocycles. The molecule has 0 aliphatic rings. The Hall–Kier alpha value is -3.42. The molecule has 2 aromatic heterocycles. The second-order valence-electron chi connectivity index (χ2n) is 6.96. The standard InChI is InChI=1S/C20H22N4O4/c1-11(2)24-18-14(10-22-24)7-15(9-21-18)19(25)23-16-8-13(20(26)27)5-6-17(16)28-12(3)4/h5-12H,1-4H3,(H,23,25)(H,26,27). The first-order valence-electron chi connectivity index (χ1n) is 8.95. The fourth-order valence-corrected chi connectivity index (χ4v) is 2.75. The summed E-state index contributed by atoms with van der Waals surface area (Å²) in [6.07, 6.45) is 3.01. The van der Waals surface area contributed by atoms with Gasteiger partial charge in [-0.3, -0.25) is 4.79 Å². The highest BCUT2D eigenvalue weighted by molar-refractivity contribution is 6.06. The van der Waals surface area contributed by atoms with Gasteiger partial charge in [-0.1, -0.05) is 0 Å². The van der Waals surface area contributed by atoms with Crippen LogP contribution < -0.4 is 10.1 Å². The summed E-state index contributed by atoms with van der Waals surface area (Å²) < 4.78 is 7.46. The van der Waals surface area contributed by atoms with E-state index in [1.807, 2.05) is 27.7 Å². The first-order valence-corrected chi connectivity index (χ1v) is 8.95. The van der Waals surface area contributed by atoms with Gasteiger partial charge in [-0.05, 0) is 52.0 Å². The monoisotopic (exact) mass is 382 g/mol. The van der Waals surface area contributed by atoms with Gasteiger partial charge in [0.05, 0.1) is 29.1 Å². The van der Waals surface area contributed by atoms with E-state index in [1.165, 1.54) is 24.4 Å². The minimum atomic E-state index is -1.09. The Morgan fingerprint density at radius 1 is 1.11 bits per heavy atom. The molecule has 3 rings (SSSR count). The Balaban J connectivity index is 1.92. The number of aromatic nitrogens is 3. The number of amides is 1. The quantitative estimate of drug-likeness (QED) is 0.672. The molecule has 0 saturated heterocycles. The molecule has 0 saturated carbocycles. The van der Waals surface area contributed by atoms with Crippen molar-refractivity contribution >= 4 is 28.6 Å². The molecule has 8 heteroatoms. The van der Waals surface area contributed by atoms with Gasteiger partial charge in [0, 0.05) is 17.6 Å². The zero-order valence-electron chi connectivity index (χ0n) is 16.1. The first kappa shape index (κ1) is 19.3. The number of benzene rings is 1. The molecule has 0 unspecified atom stereocenters. The molecular formula is C20H22N4O4. The molecule has 146 valence electrons. The third-order valence-electron chi connectivity index (χ3n) is 4.02. The summed E-state index contributed by atoms with van der Waals surface area (Å²) in [7, 11) is 0. The number of anilines is 1. The van der Waals surface area contributed by atoms with Gasteiger partial charge in [-0.2, -0.15) is 5.10 Å². The van der Waals surface area contributed by atoms with Crippen LogP contribution in [-0.4, -0.2) is 37.9 Å². The van der Waals surface area contributed by atoms with E-state index in [4.69, 9.17) is 4.74 Å². The Morgan fingerprint density at radius 3 is 2.50 bits per heavy atom. The van der Waals surface area contributed by atoms with Crippen molar-refractivity contribution in [2.75, 3.05) is 5.32 Å². The maximum Gasteiger partial charge on any atom is 0.335 e. The van der Waals surface area contributed by atoms with Crippen LogP contribution in [0.1, 0.15) is 54.5 Å². The topological polar surface area (TPSA) is 106 Å². The number of aromatic carboxylic acids is 1. The zero-order valence-corrected chi connectivity index (χ0v) is 16.1. The third kappa shape index (κ3) is 3.95. The number of rotatable bonds is 6. The largest absolute Gasteiger partial charge is 0.489 e. The smallest absolute Gasteiger partial charge is 0.335 e. The van der Waals surface area contributed by atoms with Crippen molar-refractivity contribution < 1.29 is 19.4 Å². The SMILES string of the molecule is CC(C)Oc1ccc(C(=O)O)cc1NC(=O)c1cnc2c(cnn2C(C)C)c1. The molecule has 1 aromatic carbocycles. The number of carboxylic acids is 1. The molecule has 0 radical (unpaired) electrons. The number of ether oxygens (including phenoxy) is 1. The number of carboxylic acid groups (broad SMARTS) is 1. The lowest BCUT2D eigenvalue weighted by Gasteiger charge is -2.15. The van der Waals surface area contributed by atoms with Crippen molar-refractivity contribution in [2.45, 2.75) is 39.8 Å². The minimum absolute atomic E-state index is 0.0539. The lowest BCUT2D eigenvalue weighted by molar-refractivity contribution is 0.0696. The van der Waals surface area contributed by atoms with Gasteiger partial charge < -0.3 is 15.2 Å². The normalized spacial score (nSPS) is 11.2. The molecule has 2 N–H and O–H groups in total. The summed E-state index contributed by atoms with van der Waals surface area (Å²) in [4.78, 5) is 28.4. The highest BCUT2D eigenvalue weighted by Crippen LogP contribution is 2.28.